The number of carbonyl (C=O) groups excluding carboxylic acids is 2. The first-order chi connectivity index (χ1) is 6.13. The van der Waals surface area contributed by atoms with Gasteiger partial charge in [0.15, 0.2) is 0 Å². The summed E-state index contributed by atoms with van der Waals surface area (Å²) in [5.41, 5.74) is 4.52. The Morgan fingerprint density at radius 2 is 1.38 bits per heavy atom. The zero-order valence-corrected chi connectivity index (χ0v) is 7.12. The lowest BCUT2D eigenvalue weighted by molar-refractivity contribution is -0.126. The molecular weight excluding hydrogens is 170 g/mol. The van der Waals surface area contributed by atoms with Gasteiger partial charge in [-0.1, -0.05) is 19.7 Å². The molecule has 0 aliphatic carbocycles. The summed E-state index contributed by atoms with van der Waals surface area (Å²) in [6.45, 7) is 9.85. The molecule has 0 rings (SSSR count). The molecule has 0 unspecified atom stereocenters. The summed E-state index contributed by atoms with van der Waals surface area (Å²) >= 11 is 0. The minimum absolute atomic E-state index is 0.454. The molecule has 0 saturated heterocycles. The highest BCUT2D eigenvalue weighted by Gasteiger charge is 2.02. The van der Waals surface area contributed by atoms with Crippen molar-refractivity contribution in [1.82, 2.24) is 16.0 Å². The van der Waals surface area contributed by atoms with E-state index in [2.05, 4.69) is 30.6 Å². The van der Waals surface area contributed by atoms with Crippen molar-refractivity contribution in [3.8, 4) is 0 Å². The quantitative estimate of drug-likeness (QED) is 0.458. The van der Waals surface area contributed by atoms with Gasteiger partial charge in [-0.25, -0.2) is 16.0 Å². The topological polar surface area (TPSA) is 61.4 Å². The van der Waals surface area contributed by atoms with Gasteiger partial charge in [0.05, 0.1) is 0 Å². The Bertz CT molecular complexity index is 226. The zero-order chi connectivity index (χ0) is 10.3. The van der Waals surface area contributed by atoms with Gasteiger partial charge in [0.1, 0.15) is 0 Å². The maximum absolute atomic E-state index is 10.8. The van der Waals surface area contributed by atoms with Crippen LogP contribution in [0.5, 0.6) is 0 Å². The highest BCUT2D eigenvalue weighted by Crippen LogP contribution is 1.78. The molecule has 0 aromatic heterocycles. The van der Waals surface area contributed by atoms with Crippen LogP contribution in [0.3, 0.4) is 0 Å². The van der Waals surface area contributed by atoms with Crippen molar-refractivity contribution in [2.24, 2.45) is 0 Å². The second-order valence-corrected chi connectivity index (χ2v) is 1.91. The predicted molar refractivity (Wildman–Crippen MR) is 48.7 cm³/mol. The third-order valence-electron chi connectivity index (χ3n) is 1.01. The molecule has 0 heterocycles. The van der Waals surface area contributed by atoms with Gasteiger partial charge in [-0.3, -0.25) is 9.59 Å². The van der Waals surface area contributed by atoms with E-state index in [1.54, 1.807) is 0 Å². The van der Waals surface area contributed by atoms with E-state index in [-0.39, 0.29) is 0 Å². The van der Waals surface area contributed by atoms with Crippen molar-refractivity contribution in [2.45, 2.75) is 0 Å². The number of hydrogen-bond acceptors (Lipinski definition) is 3. The monoisotopic (exact) mass is 181 g/mol. The molecule has 0 radical (unpaired) electrons. The molecule has 0 aliphatic heterocycles. The molecule has 0 spiro atoms. The molecule has 5 heteroatoms. The van der Waals surface area contributed by atoms with Crippen LogP contribution < -0.4 is 10.9 Å². The smallest absolute Gasteiger partial charge is 0.263 e. The van der Waals surface area contributed by atoms with Crippen LogP contribution in [0.1, 0.15) is 0 Å². The van der Waals surface area contributed by atoms with E-state index < -0.39 is 11.8 Å². The first-order valence-electron chi connectivity index (χ1n) is 3.42. The second kappa shape index (κ2) is 5.59. The second-order valence-electron chi connectivity index (χ2n) is 1.91. The minimum Gasteiger partial charge on any atom is -0.268 e. The van der Waals surface area contributed by atoms with Crippen molar-refractivity contribution >= 4 is 11.8 Å². The van der Waals surface area contributed by atoms with Crippen molar-refractivity contribution < 1.29 is 9.59 Å². The number of nitrogens with zero attached hydrogens (tertiary/aromatic N) is 1. The van der Waals surface area contributed by atoms with E-state index in [4.69, 9.17) is 0 Å². The van der Waals surface area contributed by atoms with Crippen molar-refractivity contribution in [3.63, 3.8) is 0 Å². The Balaban J connectivity index is 4.10. The lowest BCUT2D eigenvalue weighted by atomic mass is 10.6. The lowest BCUT2D eigenvalue weighted by Crippen LogP contribution is -2.48. The molecule has 0 atom stereocenters. The summed E-state index contributed by atoms with van der Waals surface area (Å²) in [5, 5.41) is 1.01. The SMILES string of the molecule is C=CC(=O)NN(C=C)NC(=O)C=C. The number of hydrogen-bond donors (Lipinski definition) is 2. The summed E-state index contributed by atoms with van der Waals surface area (Å²) in [7, 11) is 0. The fraction of sp³-hybridized carbons (Fsp3) is 0. The van der Waals surface area contributed by atoms with Gasteiger partial charge in [-0.15, -0.1) is 0 Å². The summed E-state index contributed by atoms with van der Waals surface area (Å²) in [6.07, 6.45) is 3.36. The molecule has 2 amide bonds. The van der Waals surface area contributed by atoms with E-state index in [1.165, 1.54) is 6.20 Å². The number of amides is 2. The van der Waals surface area contributed by atoms with E-state index >= 15 is 0 Å². The Morgan fingerprint density at radius 1 is 1.00 bits per heavy atom. The summed E-state index contributed by atoms with van der Waals surface area (Å²) < 4.78 is 0. The number of rotatable bonds is 5. The molecular formula is C8H11N3O2. The third kappa shape index (κ3) is 4.41. The maximum Gasteiger partial charge on any atom is 0.263 e. The molecule has 0 aromatic rings. The summed E-state index contributed by atoms with van der Waals surface area (Å²) in [6, 6.07) is 0. The molecule has 70 valence electrons. The molecule has 0 fully saturated rings. The van der Waals surface area contributed by atoms with Crippen LogP contribution in [0.25, 0.3) is 0 Å². The largest absolute Gasteiger partial charge is 0.268 e. The molecule has 0 saturated carbocycles. The Kier molecular flexibility index (Phi) is 4.71. The van der Waals surface area contributed by atoms with E-state index in [0.29, 0.717) is 0 Å². The van der Waals surface area contributed by atoms with Crippen molar-refractivity contribution in [3.05, 3.63) is 38.1 Å². The van der Waals surface area contributed by atoms with Crippen molar-refractivity contribution in [2.75, 3.05) is 0 Å². The molecule has 0 aliphatic rings. The van der Waals surface area contributed by atoms with Gasteiger partial charge in [0.2, 0.25) is 0 Å². The Hall–Kier alpha value is -2.04. The molecule has 0 bridgehead atoms. The van der Waals surface area contributed by atoms with Gasteiger partial charge in [0.25, 0.3) is 11.8 Å². The number of nitrogens with one attached hydrogen (secondary N) is 2. The fourth-order valence-electron chi connectivity index (χ4n) is 0.448. The summed E-state index contributed by atoms with van der Waals surface area (Å²) in [4.78, 5) is 21.5. The standard InChI is InChI=1S/C8H11N3O2/c1-4-7(12)9-11(6-3)10-8(13)5-2/h4-6H,1-3H2,(H,9,12)(H,10,13). The van der Waals surface area contributed by atoms with E-state index in [0.717, 1.165) is 17.3 Å². The normalized spacial score (nSPS) is 8.00. The minimum atomic E-state index is -0.454. The van der Waals surface area contributed by atoms with Crippen LogP contribution in [0.15, 0.2) is 38.1 Å². The third-order valence-corrected chi connectivity index (χ3v) is 1.01. The van der Waals surface area contributed by atoms with Crippen LogP contribution in [0.2, 0.25) is 0 Å². The molecule has 13 heavy (non-hydrogen) atoms. The van der Waals surface area contributed by atoms with Crippen LogP contribution in [0.4, 0.5) is 0 Å². The van der Waals surface area contributed by atoms with Crippen LogP contribution in [0, 0.1) is 0 Å². The van der Waals surface area contributed by atoms with Crippen molar-refractivity contribution in [1.29, 1.82) is 0 Å². The zero-order valence-electron chi connectivity index (χ0n) is 7.12. The van der Waals surface area contributed by atoms with E-state index in [9.17, 15) is 9.59 Å². The average Bonchev–Trinajstić information content (AvgIpc) is 2.16. The van der Waals surface area contributed by atoms with Gasteiger partial charge < -0.3 is 0 Å². The highest BCUT2D eigenvalue weighted by molar-refractivity contribution is 5.88. The van der Waals surface area contributed by atoms with E-state index in [1.807, 2.05) is 0 Å². The van der Waals surface area contributed by atoms with Crippen LogP contribution in [-0.4, -0.2) is 16.9 Å². The Labute approximate surface area is 76.3 Å². The van der Waals surface area contributed by atoms with Gasteiger partial charge >= 0.3 is 0 Å². The number of carbonyl (C=O) groups is 2. The number of hydrazine groups is 2. The summed E-state index contributed by atoms with van der Waals surface area (Å²) in [5.74, 6) is -0.909. The maximum atomic E-state index is 10.8. The Morgan fingerprint density at radius 3 is 1.62 bits per heavy atom. The first-order valence-corrected chi connectivity index (χ1v) is 3.42. The molecule has 2 N–H and O–H groups in total. The average molecular weight is 181 g/mol. The lowest BCUT2D eigenvalue weighted by Gasteiger charge is -2.19. The molecule has 0 aromatic carbocycles. The van der Waals surface area contributed by atoms with Crippen LogP contribution >= 0.6 is 0 Å². The predicted octanol–water partition coefficient (Wildman–Crippen LogP) is -0.134. The highest BCUT2D eigenvalue weighted by atomic mass is 16.2. The van der Waals surface area contributed by atoms with Crippen LogP contribution in [-0.2, 0) is 9.59 Å². The first kappa shape index (κ1) is 11.0. The van der Waals surface area contributed by atoms with Gasteiger partial charge in [-0.2, -0.15) is 0 Å². The fourth-order valence-corrected chi connectivity index (χ4v) is 0.448. The van der Waals surface area contributed by atoms with Gasteiger partial charge in [-0.05, 0) is 12.2 Å². The van der Waals surface area contributed by atoms with Gasteiger partial charge in [0, 0.05) is 6.20 Å². The molecule has 5 nitrogen and oxygen atoms in total.